The van der Waals surface area contributed by atoms with Crippen LogP contribution in [0.5, 0.6) is 5.75 Å². The molecule has 4 rings (SSSR count). The summed E-state index contributed by atoms with van der Waals surface area (Å²) >= 11 is 0. The zero-order valence-corrected chi connectivity index (χ0v) is 20.5. The number of anilines is 1. The molecule has 1 N–H and O–H groups in total. The van der Waals surface area contributed by atoms with E-state index in [4.69, 9.17) is 9.84 Å². The standard InChI is InChI=1S/C29H28N4O3/c1-21-9-11-22(12-10-21)29-23(19-33(31-29)25-7-5-4-6-8-25)13-18-28(35)32(2)20-27(34)30-24-14-16-26(36-3)17-15-24/h4-19H,20H2,1-3H3,(H,30,34). The van der Waals surface area contributed by atoms with Crippen molar-refractivity contribution in [3.05, 3.63) is 102 Å². The number of hydrogen-bond acceptors (Lipinski definition) is 4. The molecule has 0 aliphatic carbocycles. The maximum absolute atomic E-state index is 12.8. The van der Waals surface area contributed by atoms with E-state index in [1.807, 2.05) is 67.7 Å². The highest BCUT2D eigenvalue weighted by molar-refractivity contribution is 5.98. The number of ether oxygens (including phenoxy) is 1. The third kappa shape index (κ3) is 6.07. The molecule has 1 aromatic heterocycles. The van der Waals surface area contributed by atoms with Crippen molar-refractivity contribution in [3.63, 3.8) is 0 Å². The van der Waals surface area contributed by atoms with Crippen molar-refractivity contribution in [1.82, 2.24) is 14.7 Å². The lowest BCUT2D eigenvalue weighted by atomic mass is 10.1. The minimum absolute atomic E-state index is 0.0801. The summed E-state index contributed by atoms with van der Waals surface area (Å²) in [5.41, 5.74) is 5.23. The lowest BCUT2D eigenvalue weighted by Gasteiger charge is -2.15. The highest BCUT2D eigenvalue weighted by atomic mass is 16.5. The number of nitrogens with zero attached hydrogens (tertiary/aromatic N) is 3. The van der Waals surface area contributed by atoms with Crippen LogP contribution in [0, 0.1) is 6.92 Å². The first-order valence-electron chi connectivity index (χ1n) is 11.5. The summed E-state index contributed by atoms with van der Waals surface area (Å²) < 4.78 is 6.92. The number of hydrogen-bond donors (Lipinski definition) is 1. The number of amides is 2. The van der Waals surface area contributed by atoms with Crippen LogP contribution in [0.15, 0.2) is 91.1 Å². The SMILES string of the molecule is COc1ccc(NC(=O)CN(C)C(=O)C=Cc2cn(-c3ccccc3)nc2-c2ccc(C)cc2)cc1. The van der Waals surface area contributed by atoms with E-state index in [-0.39, 0.29) is 18.4 Å². The first kappa shape index (κ1) is 24.5. The van der Waals surface area contributed by atoms with E-state index in [0.29, 0.717) is 11.4 Å². The smallest absolute Gasteiger partial charge is 0.246 e. The number of carbonyl (C=O) groups is 2. The van der Waals surface area contributed by atoms with Crippen molar-refractivity contribution in [1.29, 1.82) is 0 Å². The van der Waals surface area contributed by atoms with E-state index in [9.17, 15) is 9.59 Å². The van der Waals surface area contributed by atoms with Crippen LogP contribution in [-0.4, -0.2) is 47.2 Å². The number of carbonyl (C=O) groups excluding carboxylic acids is 2. The maximum atomic E-state index is 12.8. The van der Waals surface area contributed by atoms with Gasteiger partial charge in [-0.1, -0.05) is 48.0 Å². The van der Waals surface area contributed by atoms with Crippen molar-refractivity contribution in [3.8, 4) is 22.7 Å². The molecule has 0 unspecified atom stereocenters. The second-order valence-electron chi connectivity index (χ2n) is 8.38. The molecule has 4 aromatic rings. The van der Waals surface area contributed by atoms with E-state index < -0.39 is 0 Å². The van der Waals surface area contributed by atoms with Crippen LogP contribution in [0.3, 0.4) is 0 Å². The highest BCUT2D eigenvalue weighted by Gasteiger charge is 2.14. The predicted octanol–water partition coefficient (Wildman–Crippen LogP) is 4.97. The molecule has 0 saturated carbocycles. The average Bonchev–Trinajstić information content (AvgIpc) is 3.33. The van der Waals surface area contributed by atoms with Gasteiger partial charge in [-0.3, -0.25) is 9.59 Å². The number of likely N-dealkylation sites (N-methyl/N-ethyl adjacent to an activating group) is 1. The highest BCUT2D eigenvalue weighted by Crippen LogP contribution is 2.25. The number of aryl methyl sites for hydroxylation is 1. The van der Waals surface area contributed by atoms with E-state index in [0.717, 1.165) is 28.1 Å². The Hall–Kier alpha value is -4.65. The van der Waals surface area contributed by atoms with Crippen molar-refractivity contribution < 1.29 is 14.3 Å². The summed E-state index contributed by atoms with van der Waals surface area (Å²) in [5.74, 6) is 0.120. The molecule has 3 aromatic carbocycles. The second-order valence-corrected chi connectivity index (χ2v) is 8.38. The van der Waals surface area contributed by atoms with Gasteiger partial charge in [0, 0.05) is 36.1 Å². The first-order valence-corrected chi connectivity index (χ1v) is 11.5. The van der Waals surface area contributed by atoms with Gasteiger partial charge in [-0.15, -0.1) is 0 Å². The van der Waals surface area contributed by atoms with Gasteiger partial charge in [0.05, 0.1) is 25.0 Å². The Balaban J connectivity index is 1.49. The minimum atomic E-state index is -0.290. The normalized spacial score (nSPS) is 10.9. The Labute approximate surface area is 210 Å². The zero-order chi connectivity index (χ0) is 25.5. The van der Waals surface area contributed by atoms with Crippen LogP contribution >= 0.6 is 0 Å². The summed E-state index contributed by atoms with van der Waals surface area (Å²) in [6, 6.07) is 24.9. The summed E-state index contributed by atoms with van der Waals surface area (Å²) in [6.07, 6.45) is 5.09. The molecule has 0 bridgehead atoms. The Morgan fingerprint density at radius 1 is 1.00 bits per heavy atom. The van der Waals surface area contributed by atoms with Gasteiger partial charge in [-0.2, -0.15) is 5.10 Å². The predicted molar refractivity (Wildman–Crippen MR) is 142 cm³/mol. The summed E-state index contributed by atoms with van der Waals surface area (Å²) in [6.45, 7) is 1.95. The largest absolute Gasteiger partial charge is 0.497 e. The number of para-hydroxylation sites is 1. The Bertz CT molecular complexity index is 1360. The van der Waals surface area contributed by atoms with Crippen LogP contribution in [0.4, 0.5) is 5.69 Å². The molecule has 0 aliphatic heterocycles. The van der Waals surface area contributed by atoms with Crippen LogP contribution in [0.25, 0.3) is 23.0 Å². The quantitative estimate of drug-likeness (QED) is 0.362. The Morgan fingerprint density at radius 3 is 2.36 bits per heavy atom. The third-order valence-electron chi connectivity index (χ3n) is 5.62. The van der Waals surface area contributed by atoms with Gasteiger partial charge in [-0.25, -0.2) is 4.68 Å². The molecule has 7 heteroatoms. The molecule has 36 heavy (non-hydrogen) atoms. The van der Waals surface area contributed by atoms with Gasteiger partial charge in [-0.05, 0) is 49.4 Å². The summed E-state index contributed by atoms with van der Waals surface area (Å²) in [4.78, 5) is 26.5. The fourth-order valence-electron chi connectivity index (χ4n) is 3.61. The molecule has 0 atom stereocenters. The number of methoxy groups -OCH3 is 1. The Kier molecular flexibility index (Phi) is 7.60. The second kappa shape index (κ2) is 11.2. The van der Waals surface area contributed by atoms with Gasteiger partial charge in [0.1, 0.15) is 5.75 Å². The van der Waals surface area contributed by atoms with Crippen molar-refractivity contribution >= 4 is 23.6 Å². The monoisotopic (exact) mass is 480 g/mol. The lowest BCUT2D eigenvalue weighted by Crippen LogP contribution is -2.33. The zero-order valence-electron chi connectivity index (χ0n) is 20.5. The molecule has 7 nitrogen and oxygen atoms in total. The number of benzene rings is 3. The number of nitrogens with one attached hydrogen (secondary N) is 1. The third-order valence-corrected chi connectivity index (χ3v) is 5.62. The van der Waals surface area contributed by atoms with E-state index in [2.05, 4.69) is 5.32 Å². The molecule has 0 fully saturated rings. The maximum Gasteiger partial charge on any atom is 0.246 e. The van der Waals surface area contributed by atoms with Crippen LogP contribution in [-0.2, 0) is 9.59 Å². The summed E-state index contributed by atoms with van der Waals surface area (Å²) in [7, 11) is 3.17. The van der Waals surface area contributed by atoms with E-state index in [1.54, 1.807) is 49.2 Å². The lowest BCUT2D eigenvalue weighted by molar-refractivity contribution is -0.129. The fraction of sp³-hybridized carbons (Fsp3) is 0.138. The van der Waals surface area contributed by atoms with Gasteiger partial charge in [0.15, 0.2) is 0 Å². The average molecular weight is 481 g/mol. The van der Waals surface area contributed by atoms with Gasteiger partial charge in [0.2, 0.25) is 11.8 Å². The van der Waals surface area contributed by atoms with Crippen molar-refractivity contribution in [2.75, 3.05) is 26.0 Å². The molecule has 0 saturated heterocycles. The first-order chi connectivity index (χ1) is 17.4. The fourth-order valence-corrected chi connectivity index (χ4v) is 3.61. The van der Waals surface area contributed by atoms with Crippen molar-refractivity contribution in [2.45, 2.75) is 6.92 Å². The molecule has 182 valence electrons. The molecule has 0 spiro atoms. The molecule has 2 amide bonds. The van der Waals surface area contributed by atoms with E-state index >= 15 is 0 Å². The molecule has 1 heterocycles. The molecular formula is C29H28N4O3. The van der Waals surface area contributed by atoms with Gasteiger partial charge < -0.3 is 15.0 Å². The van der Waals surface area contributed by atoms with Gasteiger partial charge >= 0.3 is 0 Å². The minimum Gasteiger partial charge on any atom is -0.497 e. The van der Waals surface area contributed by atoms with Crippen LogP contribution in [0.2, 0.25) is 0 Å². The van der Waals surface area contributed by atoms with Crippen molar-refractivity contribution in [2.24, 2.45) is 0 Å². The number of aromatic nitrogens is 2. The molecule has 0 radical (unpaired) electrons. The molecular weight excluding hydrogens is 452 g/mol. The summed E-state index contributed by atoms with van der Waals surface area (Å²) in [5, 5.41) is 7.56. The topological polar surface area (TPSA) is 76.5 Å². The number of rotatable bonds is 8. The van der Waals surface area contributed by atoms with Crippen LogP contribution in [0.1, 0.15) is 11.1 Å². The van der Waals surface area contributed by atoms with Gasteiger partial charge in [0.25, 0.3) is 0 Å². The molecule has 0 aliphatic rings. The van der Waals surface area contributed by atoms with E-state index in [1.165, 1.54) is 11.0 Å². The van der Waals surface area contributed by atoms with Crippen LogP contribution < -0.4 is 10.1 Å². The Morgan fingerprint density at radius 2 is 1.69 bits per heavy atom.